The summed E-state index contributed by atoms with van der Waals surface area (Å²) in [6, 6.07) is 0.300. The molecule has 0 unspecified atom stereocenters. The Bertz CT molecular complexity index is 381. The number of hydrogen-bond acceptors (Lipinski definition) is 2. The average Bonchev–Trinajstić information content (AvgIpc) is 2.49. The first-order chi connectivity index (χ1) is 6.68. The van der Waals surface area contributed by atoms with E-state index in [9.17, 15) is 4.79 Å². The summed E-state index contributed by atoms with van der Waals surface area (Å²) in [5.74, 6) is 0.790. The van der Waals surface area contributed by atoms with Gasteiger partial charge in [0.25, 0.3) is 0 Å². The lowest BCUT2D eigenvalue weighted by molar-refractivity contribution is 0.283. The van der Waals surface area contributed by atoms with Crippen LogP contribution in [-0.4, -0.2) is 14.8 Å². The van der Waals surface area contributed by atoms with Crippen LogP contribution in [0.25, 0.3) is 0 Å². The van der Waals surface area contributed by atoms with Gasteiger partial charge in [0.05, 0.1) is 0 Å². The third kappa shape index (κ3) is 1.68. The highest BCUT2D eigenvalue weighted by molar-refractivity contribution is 7.71. The topological polar surface area (TPSA) is 53.6 Å². The van der Waals surface area contributed by atoms with Gasteiger partial charge in [-0.2, -0.15) is 0 Å². The molecule has 2 N–H and O–H groups in total. The molecule has 0 aliphatic heterocycles. The van der Waals surface area contributed by atoms with Crippen LogP contribution in [0.3, 0.4) is 0 Å². The van der Waals surface area contributed by atoms with Gasteiger partial charge in [0, 0.05) is 6.04 Å². The molecule has 0 saturated heterocycles. The summed E-state index contributed by atoms with van der Waals surface area (Å²) in [7, 11) is 0. The largest absolute Gasteiger partial charge is 0.342 e. The van der Waals surface area contributed by atoms with Crippen LogP contribution in [0.2, 0.25) is 0 Å². The molecular formula is C9H15N3OS. The van der Waals surface area contributed by atoms with Crippen molar-refractivity contribution in [1.29, 1.82) is 0 Å². The molecule has 14 heavy (non-hydrogen) atoms. The number of rotatable bonds is 1. The molecule has 78 valence electrons. The van der Waals surface area contributed by atoms with Crippen molar-refractivity contribution in [3.63, 3.8) is 0 Å². The molecule has 1 aromatic heterocycles. The van der Waals surface area contributed by atoms with Gasteiger partial charge in [-0.25, -0.2) is 9.89 Å². The van der Waals surface area contributed by atoms with Crippen LogP contribution in [0.15, 0.2) is 4.79 Å². The van der Waals surface area contributed by atoms with Crippen molar-refractivity contribution >= 4 is 12.2 Å². The maximum atomic E-state index is 11.4. The molecule has 0 spiro atoms. The zero-order valence-electron chi connectivity index (χ0n) is 8.25. The predicted octanol–water partition coefficient (Wildman–Crippen LogP) is 1.99. The molecule has 1 saturated carbocycles. The van der Waals surface area contributed by atoms with Crippen molar-refractivity contribution in [1.82, 2.24) is 14.8 Å². The predicted molar refractivity (Wildman–Crippen MR) is 56.9 cm³/mol. The van der Waals surface area contributed by atoms with Crippen molar-refractivity contribution in [2.45, 2.75) is 38.6 Å². The van der Waals surface area contributed by atoms with Crippen LogP contribution in [0.1, 0.15) is 38.6 Å². The third-order valence-corrected chi connectivity index (χ3v) is 3.36. The standard InChI is InChI=1S/C9H15N3OS/c1-6-2-4-7(5-3-6)12-8(13)10-11-9(12)14/h6-7H,2-5H2,1H3,(H,10,13)(H,11,14). The summed E-state index contributed by atoms with van der Waals surface area (Å²) in [5, 5.41) is 5.21. The molecule has 1 aliphatic rings. The Morgan fingerprint density at radius 3 is 2.43 bits per heavy atom. The number of H-pyrrole nitrogens is 2. The van der Waals surface area contributed by atoms with Crippen molar-refractivity contribution in [3.8, 4) is 0 Å². The van der Waals surface area contributed by atoms with Crippen LogP contribution in [0.5, 0.6) is 0 Å². The normalized spacial score (nSPS) is 27.8. The van der Waals surface area contributed by atoms with E-state index < -0.39 is 0 Å². The summed E-state index contributed by atoms with van der Waals surface area (Å²) in [4.78, 5) is 11.4. The van der Waals surface area contributed by atoms with Gasteiger partial charge in [0.1, 0.15) is 0 Å². The maximum absolute atomic E-state index is 11.4. The highest BCUT2D eigenvalue weighted by Gasteiger charge is 2.21. The summed E-state index contributed by atoms with van der Waals surface area (Å²) in [6.45, 7) is 2.26. The minimum Gasteiger partial charge on any atom is -0.272 e. The van der Waals surface area contributed by atoms with Gasteiger partial charge in [0.2, 0.25) is 0 Å². The molecule has 1 aromatic rings. The Balaban J connectivity index is 2.24. The van der Waals surface area contributed by atoms with Gasteiger partial charge in [-0.05, 0) is 43.8 Å². The van der Waals surface area contributed by atoms with E-state index in [-0.39, 0.29) is 5.69 Å². The van der Waals surface area contributed by atoms with Gasteiger partial charge in [-0.15, -0.1) is 0 Å². The van der Waals surface area contributed by atoms with E-state index in [1.807, 2.05) is 0 Å². The maximum Gasteiger partial charge on any atom is 0.342 e. The fraction of sp³-hybridized carbons (Fsp3) is 0.778. The van der Waals surface area contributed by atoms with E-state index in [0.717, 1.165) is 18.8 Å². The zero-order valence-corrected chi connectivity index (χ0v) is 9.06. The molecule has 2 rings (SSSR count). The fourth-order valence-electron chi connectivity index (χ4n) is 2.15. The molecule has 0 atom stereocenters. The number of nitrogens with zero attached hydrogens (tertiary/aromatic N) is 1. The summed E-state index contributed by atoms with van der Waals surface area (Å²) in [5.41, 5.74) is -0.102. The number of hydrogen-bond donors (Lipinski definition) is 2. The lowest BCUT2D eigenvalue weighted by atomic mass is 9.87. The molecule has 1 aliphatic carbocycles. The molecule has 0 aromatic carbocycles. The van der Waals surface area contributed by atoms with Crippen molar-refractivity contribution in [2.24, 2.45) is 5.92 Å². The molecule has 0 amide bonds. The van der Waals surface area contributed by atoms with E-state index in [2.05, 4.69) is 17.1 Å². The zero-order chi connectivity index (χ0) is 10.1. The monoisotopic (exact) mass is 213 g/mol. The minimum atomic E-state index is -0.102. The Kier molecular flexibility index (Phi) is 2.58. The van der Waals surface area contributed by atoms with Gasteiger partial charge in [0.15, 0.2) is 4.77 Å². The lowest BCUT2D eigenvalue weighted by Crippen LogP contribution is -2.25. The lowest BCUT2D eigenvalue weighted by Gasteiger charge is -2.26. The molecule has 1 fully saturated rings. The summed E-state index contributed by atoms with van der Waals surface area (Å²) >= 11 is 5.06. The first-order valence-corrected chi connectivity index (χ1v) is 5.48. The summed E-state index contributed by atoms with van der Waals surface area (Å²) in [6.07, 6.45) is 4.51. The van der Waals surface area contributed by atoms with Crippen LogP contribution in [0.4, 0.5) is 0 Å². The van der Waals surface area contributed by atoms with Crippen molar-refractivity contribution in [3.05, 3.63) is 15.3 Å². The SMILES string of the molecule is CC1CCC(n2c(=O)[nH][nH]c2=S)CC1. The van der Waals surface area contributed by atoms with E-state index in [1.165, 1.54) is 12.8 Å². The van der Waals surface area contributed by atoms with Gasteiger partial charge >= 0.3 is 5.69 Å². The van der Waals surface area contributed by atoms with Crippen molar-refractivity contribution < 1.29 is 0 Å². The van der Waals surface area contributed by atoms with E-state index >= 15 is 0 Å². The minimum absolute atomic E-state index is 0.102. The average molecular weight is 213 g/mol. The molecule has 0 radical (unpaired) electrons. The van der Waals surface area contributed by atoms with Gasteiger partial charge in [-0.1, -0.05) is 6.92 Å². The number of aromatic nitrogens is 3. The molecule has 5 heteroatoms. The smallest absolute Gasteiger partial charge is 0.272 e. The Hall–Kier alpha value is -0.840. The highest BCUT2D eigenvalue weighted by Crippen LogP contribution is 2.30. The second-order valence-electron chi connectivity index (χ2n) is 4.14. The molecule has 4 nitrogen and oxygen atoms in total. The summed E-state index contributed by atoms with van der Waals surface area (Å²) < 4.78 is 2.20. The number of nitrogens with one attached hydrogen (secondary N) is 2. The quantitative estimate of drug-likeness (QED) is 0.701. The van der Waals surface area contributed by atoms with E-state index in [4.69, 9.17) is 12.2 Å². The van der Waals surface area contributed by atoms with Crippen LogP contribution in [0, 0.1) is 10.7 Å². The Morgan fingerprint density at radius 1 is 1.29 bits per heavy atom. The third-order valence-electron chi connectivity index (χ3n) is 3.06. The van der Waals surface area contributed by atoms with Crippen LogP contribution >= 0.6 is 12.2 Å². The highest BCUT2D eigenvalue weighted by atomic mass is 32.1. The molecule has 0 bridgehead atoms. The first kappa shape index (κ1) is 9.71. The number of aromatic amines is 2. The van der Waals surface area contributed by atoms with Crippen molar-refractivity contribution in [2.75, 3.05) is 0 Å². The first-order valence-electron chi connectivity index (χ1n) is 5.07. The second kappa shape index (κ2) is 3.73. The Labute approximate surface area is 87.3 Å². The molecule has 1 heterocycles. The van der Waals surface area contributed by atoms with Crippen LogP contribution in [-0.2, 0) is 0 Å². The van der Waals surface area contributed by atoms with E-state index in [1.54, 1.807) is 4.57 Å². The van der Waals surface area contributed by atoms with E-state index in [0.29, 0.717) is 10.8 Å². The van der Waals surface area contributed by atoms with Gasteiger partial charge in [-0.3, -0.25) is 9.67 Å². The van der Waals surface area contributed by atoms with Crippen LogP contribution < -0.4 is 5.69 Å². The fourth-order valence-corrected chi connectivity index (χ4v) is 2.43. The van der Waals surface area contributed by atoms with Gasteiger partial charge < -0.3 is 0 Å². The second-order valence-corrected chi connectivity index (χ2v) is 4.53. The Morgan fingerprint density at radius 2 is 1.93 bits per heavy atom. The molecular weight excluding hydrogens is 198 g/mol.